The first-order chi connectivity index (χ1) is 9.19. The van der Waals surface area contributed by atoms with Gasteiger partial charge in [0, 0.05) is 17.7 Å². The Balaban J connectivity index is 2.13. The lowest BCUT2D eigenvalue weighted by Crippen LogP contribution is -2.24. The van der Waals surface area contributed by atoms with E-state index >= 15 is 0 Å². The summed E-state index contributed by atoms with van der Waals surface area (Å²) >= 11 is 3.52. The average Bonchev–Trinajstić information content (AvgIpc) is 2.81. The van der Waals surface area contributed by atoms with Crippen LogP contribution in [0.15, 0.2) is 41.3 Å². The zero-order valence-corrected chi connectivity index (χ0v) is 13.0. The highest BCUT2D eigenvalue weighted by Crippen LogP contribution is 2.19. The molecule has 1 aromatic heterocycles. The summed E-state index contributed by atoms with van der Waals surface area (Å²) in [4.78, 5) is 4.48. The molecule has 3 nitrogen and oxygen atoms in total. The Morgan fingerprint density at radius 1 is 1.42 bits per heavy atom. The fourth-order valence-corrected chi connectivity index (χ4v) is 2.56. The Bertz CT molecular complexity index is 522. The molecule has 0 radical (unpaired) electrons. The summed E-state index contributed by atoms with van der Waals surface area (Å²) in [5, 5.41) is 3.58. The molecule has 0 saturated carbocycles. The van der Waals surface area contributed by atoms with Crippen LogP contribution in [0.5, 0.6) is 0 Å². The van der Waals surface area contributed by atoms with Gasteiger partial charge in [0.25, 0.3) is 0 Å². The molecule has 1 N–H and O–H groups in total. The Kier molecular flexibility index (Phi) is 5.16. The predicted molar refractivity (Wildman–Crippen MR) is 82.1 cm³/mol. The van der Waals surface area contributed by atoms with Crippen molar-refractivity contribution in [1.82, 2.24) is 14.9 Å². The lowest BCUT2D eigenvalue weighted by molar-refractivity contribution is 0.519. The number of nitrogens with one attached hydrogen (secondary N) is 1. The standard InChI is InChI=1S/C15H20BrN3/c1-3-7-17-14(15-10-19(2)11-18-15)9-12-5-4-6-13(16)8-12/h4-6,8,10-11,14,17H,3,7,9H2,1-2H3. The number of rotatable bonds is 6. The highest BCUT2D eigenvalue weighted by Gasteiger charge is 2.14. The second-order valence-electron chi connectivity index (χ2n) is 4.80. The van der Waals surface area contributed by atoms with Crippen molar-refractivity contribution in [1.29, 1.82) is 0 Å². The first-order valence-corrected chi connectivity index (χ1v) is 7.44. The maximum Gasteiger partial charge on any atom is 0.0947 e. The molecule has 0 spiro atoms. The van der Waals surface area contributed by atoms with Crippen molar-refractivity contribution < 1.29 is 0 Å². The van der Waals surface area contributed by atoms with E-state index in [0.29, 0.717) is 0 Å². The quantitative estimate of drug-likeness (QED) is 0.883. The van der Waals surface area contributed by atoms with Crippen molar-refractivity contribution in [2.45, 2.75) is 25.8 Å². The number of hydrogen-bond donors (Lipinski definition) is 1. The van der Waals surface area contributed by atoms with Gasteiger partial charge in [0.05, 0.1) is 18.1 Å². The molecule has 2 aromatic rings. The molecule has 1 atom stereocenters. The van der Waals surface area contributed by atoms with Crippen LogP contribution >= 0.6 is 15.9 Å². The van der Waals surface area contributed by atoms with Crippen molar-refractivity contribution in [2.75, 3.05) is 6.54 Å². The van der Waals surface area contributed by atoms with Gasteiger partial charge in [-0.15, -0.1) is 0 Å². The number of imidazole rings is 1. The fraction of sp³-hybridized carbons (Fsp3) is 0.400. The second-order valence-corrected chi connectivity index (χ2v) is 5.72. The Labute approximate surface area is 123 Å². The van der Waals surface area contributed by atoms with Gasteiger partial charge in [-0.3, -0.25) is 0 Å². The molecular formula is C15H20BrN3. The molecule has 0 aliphatic heterocycles. The van der Waals surface area contributed by atoms with Crippen LogP contribution in [0.3, 0.4) is 0 Å². The van der Waals surface area contributed by atoms with Gasteiger partial charge in [-0.2, -0.15) is 0 Å². The summed E-state index contributed by atoms with van der Waals surface area (Å²) in [6.07, 6.45) is 6.03. The molecule has 1 unspecified atom stereocenters. The lowest BCUT2D eigenvalue weighted by Gasteiger charge is -2.16. The molecule has 2 rings (SSSR count). The maximum atomic E-state index is 4.48. The van der Waals surface area contributed by atoms with Gasteiger partial charge in [-0.05, 0) is 37.1 Å². The van der Waals surface area contributed by atoms with Crippen molar-refractivity contribution in [2.24, 2.45) is 7.05 Å². The van der Waals surface area contributed by atoms with Gasteiger partial charge >= 0.3 is 0 Å². The van der Waals surface area contributed by atoms with Crippen LogP contribution in [-0.2, 0) is 13.5 Å². The van der Waals surface area contributed by atoms with Gasteiger partial charge in [0.15, 0.2) is 0 Å². The van der Waals surface area contributed by atoms with Crippen LogP contribution in [-0.4, -0.2) is 16.1 Å². The molecule has 1 heterocycles. The van der Waals surface area contributed by atoms with Crippen LogP contribution in [0, 0.1) is 0 Å². The SMILES string of the molecule is CCCNC(Cc1cccc(Br)c1)c1cn(C)cn1. The summed E-state index contributed by atoms with van der Waals surface area (Å²) in [5.41, 5.74) is 2.42. The molecule has 0 aliphatic carbocycles. The van der Waals surface area contributed by atoms with Gasteiger partial charge in [-0.1, -0.05) is 35.0 Å². The predicted octanol–water partition coefficient (Wildman–Crippen LogP) is 3.47. The summed E-state index contributed by atoms with van der Waals surface area (Å²) in [6, 6.07) is 8.74. The van der Waals surface area contributed by atoms with Crippen LogP contribution in [0.4, 0.5) is 0 Å². The fourth-order valence-electron chi connectivity index (χ4n) is 2.11. The number of hydrogen-bond acceptors (Lipinski definition) is 2. The van der Waals surface area contributed by atoms with E-state index in [1.807, 2.05) is 17.9 Å². The van der Waals surface area contributed by atoms with Crippen LogP contribution < -0.4 is 5.32 Å². The molecular weight excluding hydrogens is 302 g/mol. The third-order valence-corrected chi connectivity index (χ3v) is 3.54. The lowest BCUT2D eigenvalue weighted by atomic mass is 10.0. The third-order valence-electron chi connectivity index (χ3n) is 3.05. The second kappa shape index (κ2) is 6.87. The monoisotopic (exact) mass is 321 g/mol. The van der Waals surface area contributed by atoms with Crippen LogP contribution in [0.25, 0.3) is 0 Å². The normalized spacial score (nSPS) is 12.6. The van der Waals surface area contributed by atoms with Crippen molar-refractivity contribution in [3.05, 3.63) is 52.5 Å². The minimum Gasteiger partial charge on any atom is -0.340 e. The molecule has 0 amide bonds. The summed E-state index contributed by atoms with van der Waals surface area (Å²) in [6.45, 7) is 3.19. The maximum absolute atomic E-state index is 4.48. The van der Waals surface area contributed by atoms with Gasteiger partial charge in [-0.25, -0.2) is 4.98 Å². The minimum absolute atomic E-state index is 0.274. The highest BCUT2D eigenvalue weighted by atomic mass is 79.9. The number of nitrogens with zero attached hydrogens (tertiary/aromatic N) is 2. The van der Waals surface area contributed by atoms with Gasteiger partial charge in [0.2, 0.25) is 0 Å². The molecule has 0 bridgehead atoms. The van der Waals surface area contributed by atoms with Crippen molar-refractivity contribution in [3.8, 4) is 0 Å². The number of aromatic nitrogens is 2. The first-order valence-electron chi connectivity index (χ1n) is 6.64. The summed E-state index contributed by atoms with van der Waals surface area (Å²) < 4.78 is 3.12. The smallest absolute Gasteiger partial charge is 0.0947 e. The molecule has 0 aliphatic rings. The number of benzene rings is 1. The molecule has 4 heteroatoms. The molecule has 19 heavy (non-hydrogen) atoms. The van der Waals surface area contributed by atoms with Crippen LogP contribution in [0.2, 0.25) is 0 Å². The highest BCUT2D eigenvalue weighted by molar-refractivity contribution is 9.10. The zero-order valence-electron chi connectivity index (χ0n) is 11.4. The Morgan fingerprint density at radius 3 is 2.89 bits per heavy atom. The molecule has 0 fully saturated rings. The molecule has 1 aromatic carbocycles. The van der Waals surface area contributed by atoms with E-state index in [4.69, 9.17) is 0 Å². The first kappa shape index (κ1) is 14.3. The van der Waals surface area contributed by atoms with Crippen molar-refractivity contribution in [3.63, 3.8) is 0 Å². The third kappa shape index (κ3) is 4.18. The van der Waals surface area contributed by atoms with Crippen LogP contribution in [0.1, 0.15) is 30.6 Å². The van der Waals surface area contributed by atoms with E-state index in [2.05, 4.69) is 63.6 Å². The Morgan fingerprint density at radius 2 is 2.26 bits per heavy atom. The Hall–Kier alpha value is -1.13. The van der Waals surface area contributed by atoms with E-state index in [1.54, 1.807) is 0 Å². The van der Waals surface area contributed by atoms with E-state index in [1.165, 1.54) is 5.56 Å². The average molecular weight is 322 g/mol. The van der Waals surface area contributed by atoms with E-state index < -0.39 is 0 Å². The summed E-state index contributed by atoms with van der Waals surface area (Å²) in [7, 11) is 2.01. The van der Waals surface area contributed by atoms with Gasteiger partial charge < -0.3 is 9.88 Å². The van der Waals surface area contributed by atoms with Gasteiger partial charge in [0.1, 0.15) is 0 Å². The number of aryl methyl sites for hydroxylation is 1. The summed E-state index contributed by atoms with van der Waals surface area (Å²) in [5.74, 6) is 0. The molecule has 0 saturated heterocycles. The minimum atomic E-state index is 0.274. The van der Waals surface area contributed by atoms with E-state index in [0.717, 1.165) is 29.6 Å². The van der Waals surface area contributed by atoms with E-state index in [9.17, 15) is 0 Å². The van der Waals surface area contributed by atoms with E-state index in [-0.39, 0.29) is 6.04 Å². The molecule has 102 valence electrons. The zero-order chi connectivity index (χ0) is 13.7. The topological polar surface area (TPSA) is 29.9 Å². The number of halogens is 1. The largest absolute Gasteiger partial charge is 0.340 e. The van der Waals surface area contributed by atoms with Crippen molar-refractivity contribution >= 4 is 15.9 Å².